The standard InChI is InChI=1S/C20H28N2O5/c1-3-26-20(25)15-6-10-21(11-7-15)18(23)16-5-4-9-22(13-16)19(24)17-8-12-27-14(17)2/h8,12,15-16H,3-7,9-11,13H2,1-2H3. The summed E-state index contributed by atoms with van der Waals surface area (Å²) in [5.74, 6) is 0.194. The summed E-state index contributed by atoms with van der Waals surface area (Å²) in [7, 11) is 0. The molecule has 1 aromatic heterocycles. The van der Waals surface area contributed by atoms with E-state index < -0.39 is 0 Å². The lowest BCUT2D eigenvalue weighted by molar-refractivity contribution is -0.152. The van der Waals surface area contributed by atoms with Crippen LogP contribution < -0.4 is 0 Å². The minimum atomic E-state index is -0.172. The first kappa shape index (κ1) is 19.5. The van der Waals surface area contributed by atoms with Gasteiger partial charge in [-0.1, -0.05) is 0 Å². The normalized spacial score (nSPS) is 21.2. The second-order valence-corrected chi connectivity index (χ2v) is 7.33. The molecule has 2 amide bonds. The summed E-state index contributed by atoms with van der Waals surface area (Å²) in [4.78, 5) is 41.1. The van der Waals surface area contributed by atoms with Crippen LogP contribution in [0.4, 0.5) is 0 Å². The van der Waals surface area contributed by atoms with Gasteiger partial charge in [-0.2, -0.15) is 0 Å². The fourth-order valence-corrected chi connectivity index (χ4v) is 3.99. The van der Waals surface area contributed by atoms with Crippen molar-refractivity contribution in [3.8, 4) is 0 Å². The highest BCUT2D eigenvalue weighted by Crippen LogP contribution is 2.25. The number of likely N-dealkylation sites (tertiary alicyclic amines) is 2. The first-order chi connectivity index (χ1) is 13.0. The summed E-state index contributed by atoms with van der Waals surface area (Å²) >= 11 is 0. The minimum absolute atomic E-state index is 0.0697. The van der Waals surface area contributed by atoms with Crippen molar-refractivity contribution in [3.05, 3.63) is 23.7 Å². The molecule has 2 fully saturated rings. The third-order valence-electron chi connectivity index (χ3n) is 5.57. The van der Waals surface area contributed by atoms with Crippen LogP contribution in [0.5, 0.6) is 0 Å². The van der Waals surface area contributed by atoms with Gasteiger partial charge in [-0.05, 0) is 45.6 Å². The van der Waals surface area contributed by atoms with Crippen LogP contribution in [0, 0.1) is 18.8 Å². The Morgan fingerprint density at radius 3 is 2.48 bits per heavy atom. The lowest BCUT2D eigenvalue weighted by Crippen LogP contribution is -2.49. The first-order valence-electron chi connectivity index (χ1n) is 9.80. The maximum absolute atomic E-state index is 12.9. The van der Waals surface area contributed by atoms with Crippen molar-refractivity contribution >= 4 is 17.8 Å². The smallest absolute Gasteiger partial charge is 0.309 e. The van der Waals surface area contributed by atoms with Crippen LogP contribution in [-0.2, 0) is 14.3 Å². The Labute approximate surface area is 159 Å². The third-order valence-corrected chi connectivity index (χ3v) is 5.57. The van der Waals surface area contributed by atoms with Crippen molar-refractivity contribution in [3.63, 3.8) is 0 Å². The fraction of sp³-hybridized carbons (Fsp3) is 0.650. The number of esters is 1. The van der Waals surface area contributed by atoms with Gasteiger partial charge < -0.3 is 19.0 Å². The van der Waals surface area contributed by atoms with Crippen LogP contribution in [0.3, 0.4) is 0 Å². The van der Waals surface area contributed by atoms with E-state index in [1.54, 1.807) is 24.8 Å². The predicted molar refractivity (Wildman–Crippen MR) is 98.0 cm³/mol. The van der Waals surface area contributed by atoms with E-state index in [2.05, 4.69) is 0 Å². The van der Waals surface area contributed by atoms with Gasteiger partial charge in [0.05, 0.1) is 30.3 Å². The van der Waals surface area contributed by atoms with E-state index in [-0.39, 0.29) is 29.6 Å². The molecule has 3 heterocycles. The molecule has 0 saturated carbocycles. The van der Waals surface area contributed by atoms with E-state index in [9.17, 15) is 14.4 Å². The van der Waals surface area contributed by atoms with Gasteiger partial charge in [0.1, 0.15) is 5.76 Å². The van der Waals surface area contributed by atoms with Crippen LogP contribution in [-0.4, -0.2) is 60.4 Å². The number of carbonyl (C=O) groups is 3. The largest absolute Gasteiger partial charge is 0.469 e. The SMILES string of the molecule is CCOC(=O)C1CCN(C(=O)C2CCCN(C(=O)c3ccoc3C)C2)CC1. The maximum Gasteiger partial charge on any atom is 0.309 e. The average Bonchev–Trinajstić information content (AvgIpc) is 3.13. The number of aryl methyl sites for hydroxylation is 1. The molecule has 148 valence electrons. The summed E-state index contributed by atoms with van der Waals surface area (Å²) in [6.45, 7) is 6.23. The molecule has 3 rings (SSSR count). The Morgan fingerprint density at radius 1 is 1.11 bits per heavy atom. The molecule has 1 unspecified atom stereocenters. The van der Waals surface area contributed by atoms with E-state index in [1.807, 2.05) is 4.90 Å². The number of carbonyl (C=O) groups excluding carboxylic acids is 3. The van der Waals surface area contributed by atoms with Gasteiger partial charge in [0, 0.05) is 26.2 Å². The van der Waals surface area contributed by atoms with Crippen LogP contribution in [0.2, 0.25) is 0 Å². The Bertz CT molecular complexity index is 690. The van der Waals surface area contributed by atoms with Crippen LogP contribution in [0.1, 0.15) is 48.7 Å². The number of hydrogen-bond acceptors (Lipinski definition) is 5. The number of amides is 2. The Balaban J connectivity index is 1.55. The maximum atomic E-state index is 12.9. The number of ether oxygens (including phenoxy) is 1. The summed E-state index contributed by atoms with van der Waals surface area (Å²) in [6, 6.07) is 1.68. The topological polar surface area (TPSA) is 80.1 Å². The molecule has 0 bridgehead atoms. The van der Waals surface area contributed by atoms with Crippen LogP contribution >= 0.6 is 0 Å². The lowest BCUT2D eigenvalue weighted by atomic mass is 9.92. The summed E-state index contributed by atoms with van der Waals surface area (Å²) < 4.78 is 10.3. The van der Waals surface area contributed by atoms with Gasteiger partial charge in [-0.15, -0.1) is 0 Å². The molecule has 0 N–H and O–H groups in total. The highest BCUT2D eigenvalue weighted by molar-refractivity contribution is 5.95. The quantitative estimate of drug-likeness (QED) is 0.753. The highest BCUT2D eigenvalue weighted by Gasteiger charge is 2.35. The zero-order chi connectivity index (χ0) is 19.4. The summed E-state index contributed by atoms with van der Waals surface area (Å²) in [5, 5.41) is 0. The number of nitrogens with zero attached hydrogens (tertiary/aromatic N) is 2. The summed E-state index contributed by atoms with van der Waals surface area (Å²) in [6.07, 6.45) is 4.42. The number of rotatable bonds is 4. The summed E-state index contributed by atoms with van der Waals surface area (Å²) in [5.41, 5.74) is 0.568. The van der Waals surface area contributed by atoms with E-state index >= 15 is 0 Å². The van der Waals surface area contributed by atoms with E-state index in [0.717, 1.165) is 12.8 Å². The molecule has 2 aliphatic rings. The predicted octanol–water partition coefficient (Wildman–Crippen LogP) is 2.24. The Hall–Kier alpha value is -2.31. The van der Waals surface area contributed by atoms with E-state index in [1.165, 1.54) is 6.26 Å². The first-order valence-corrected chi connectivity index (χ1v) is 9.80. The monoisotopic (exact) mass is 376 g/mol. The molecular formula is C20H28N2O5. The Kier molecular flexibility index (Phi) is 6.19. The van der Waals surface area contributed by atoms with Gasteiger partial charge in [0.2, 0.25) is 5.91 Å². The lowest BCUT2D eigenvalue weighted by Gasteiger charge is -2.37. The van der Waals surface area contributed by atoms with Crippen molar-refractivity contribution in [1.82, 2.24) is 9.80 Å². The molecule has 2 saturated heterocycles. The van der Waals surface area contributed by atoms with Gasteiger partial charge in [-0.3, -0.25) is 14.4 Å². The molecule has 0 radical (unpaired) electrons. The molecule has 7 heteroatoms. The number of furan rings is 1. The van der Waals surface area contributed by atoms with Crippen molar-refractivity contribution in [1.29, 1.82) is 0 Å². The molecule has 1 atom stereocenters. The van der Waals surface area contributed by atoms with Crippen LogP contribution in [0.25, 0.3) is 0 Å². The zero-order valence-electron chi connectivity index (χ0n) is 16.1. The van der Waals surface area contributed by atoms with Crippen molar-refractivity contribution < 1.29 is 23.5 Å². The minimum Gasteiger partial charge on any atom is -0.469 e. The van der Waals surface area contributed by atoms with Crippen molar-refractivity contribution in [2.45, 2.75) is 39.5 Å². The number of piperidine rings is 2. The van der Waals surface area contributed by atoms with Crippen LogP contribution in [0.15, 0.2) is 16.7 Å². The zero-order valence-corrected chi connectivity index (χ0v) is 16.1. The molecule has 7 nitrogen and oxygen atoms in total. The molecule has 0 aromatic carbocycles. The Morgan fingerprint density at radius 2 is 1.85 bits per heavy atom. The molecule has 1 aromatic rings. The molecule has 0 aliphatic carbocycles. The number of hydrogen-bond donors (Lipinski definition) is 0. The third kappa shape index (κ3) is 4.34. The van der Waals surface area contributed by atoms with E-state index in [0.29, 0.717) is 57.0 Å². The van der Waals surface area contributed by atoms with Crippen molar-refractivity contribution in [2.75, 3.05) is 32.8 Å². The van der Waals surface area contributed by atoms with Gasteiger partial charge in [0.25, 0.3) is 5.91 Å². The van der Waals surface area contributed by atoms with Crippen molar-refractivity contribution in [2.24, 2.45) is 11.8 Å². The molecule has 0 spiro atoms. The highest BCUT2D eigenvalue weighted by atomic mass is 16.5. The average molecular weight is 376 g/mol. The fourth-order valence-electron chi connectivity index (χ4n) is 3.99. The second-order valence-electron chi connectivity index (χ2n) is 7.33. The van der Waals surface area contributed by atoms with Gasteiger partial charge in [0.15, 0.2) is 0 Å². The van der Waals surface area contributed by atoms with E-state index in [4.69, 9.17) is 9.15 Å². The van der Waals surface area contributed by atoms with Gasteiger partial charge in [-0.25, -0.2) is 0 Å². The van der Waals surface area contributed by atoms with Gasteiger partial charge >= 0.3 is 5.97 Å². The molecular weight excluding hydrogens is 348 g/mol. The molecule has 27 heavy (non-hydrogen) atoms. The second kappa shape index (κ2) is 8.59. The molecule has 2 aliphatic heterocycles.